The SMILES string of the molecule is CC(C)OCCCNC(=O)C1COc2ccccc2O1. The van der Waals surface area contributed by atoms with Crippen LogP contribution in [-0.2, 0) is 9.53 Å². The largest absolute Gasteiger partial charge is 0.485 e. The van der Waals surface area contributed by atoms with Crippen molar-refractivity contribution in [2.24, 2.45) is 0 Å². The van der Waals surface area contributed by atoms with Crippen LogP contribution >= 0.6 is 0 Å². The maximum Gasteiger partial charge on any atom is 0.264 e. The molecular formula is C15H21NO4. The van der Waals surface area contributed by atoms with E-state index < -0.39 is 6.10 Å². The first kappa shape index (κ1) is 14.7. The van der Waals surface area contributed by atoms with Gasteiger partial charge >= 0.3 is 0 Å². The molecule has 1 atom stereocenters. The van der Waals surface area contributed by atoms with Gasteiger partial charge in [-0.05, 0) is 32.4 Å². The summed E-state index contributed by atoms with van der Waals surface area (Å²) in [5.74, 6) is 1.15. The fourth-order valence-electron chi connectivity index (χ4n) is 1.87. The minimum atomic E-state index is -0.587. The molecule has 0 saturated heterocycles. The normalized spacial score (nSPS) is 17.1. The molecule has 1 amide bonds. The number of hydrogen-bond acceptors (Lipinski definition) is 4. The van der Waals surface area contributed by atoms with Gasteiger partial charge in [0.1, 0.15) is 6.61 Å². The number of carbonyl (C=O) groups is 1. The van der Waals surface area contributed by atoms with Gasteiger partial charge in [0, 0.05) is 13.2 Å². The van der Waals surface area contributed by atoms with Crippen molar-refractivity contribution < 1.29 is 19.0 Å². The highest BCUT2D eigenvalue weighted by molar-refractivity contribution is 5.81. The van der Waals surface area contributed by atoms with Crippen LogP contribution in [0.2, 0.25) is 0 Å². The summed E-state index contributed by atoms with van der Waals surface area (Å²) in [5.41, 5.74) is 0. The molecule has 1 heterocycles. The number of fused-ring (bicyclic) bond motifs is 1. The van der Waals surface area contributed by atoms with Gasteiger partial charge in [0.15, 0.2) is 11.5 Å². The molecule has 2 rings (SSSR count). The molecule has 0 aliphatic carbocycles. The van der Waals surface area contributed by atoms with Crippen LogP contribution in [0.1, 0.15) is 20.3 Å². The Morgan fingerprint density at radius 2 is 2.15 bits per heavy atom. The second-order valence-corrected chi connectivity index (χ2v) is 4.93. The summed E-state index contributed by atoms with van der Waals surface area (Å²) in [6, 6.07) is 7.35. The molecule has 1 aromatic rings. The first-order chi connectivity index (χ1) is 9.66. The Morgan fingerprint density at radius 1 is 1.40 bits per heavy atom. The van der Waals surface area contributed by atoms with E-state index >= 15 is 0 Å². The summed E-state index contributed by atoms with van der Waals surface area (Å²) in [6.45, 7) is 5.44. The molecule has 20 heavy (non-hydrogen) atoms. The van der Waals surface area contributed by atoms with E-state index in [0.717, 1.165) is 6.42 Å². The van der Waals surface area contributed by atoms with E-state index in [1.165, 1.54) is 0 Å². The van der Waals surface area contributed by atoms with E-state index in [0.29, 0.717) is 24.7 Å². The third-order valence-electron chi connectivity index (χ3n) is 2.87. The van der Waals surface area contributed by atoms with Crippen LogP contribution < -0.4 is 14.8 Å². The highest BCUT2D eigenvalue weighted by atomic mass is 16.6. The quantitative estimate of drug-likeness (QED) is 0.806. The van der Waals surface area contributed by atoms with E-state index in [1.807, 2.05) is 32.0 Å². The Morgan fingerprint density at radius 3 is 2.90 bits per heavy atom. The molecular weight excluding hydrogens is 258 g/mol. The number of carbonyl (C=O) groups excluding carboxylic acids is 1. The third-order valence-corrected chi connectivity index (χ3v) is 2.87. The summed E-state index contributed by atoms with van der Waals surface area (Å²) in [4.78, 5) is 11.9. The molecule has 0 bridgehead atoms. The van der Waals surface area contributed by atoms with Gasteiger partial charge in [-0.15, -0.1) is 0 Å². The number of para-hydroxylation sites is 2. The lowest BCUT2D eigenvalue weighted by atomic mass is 10.2. The number of benzene rings is 1. The van der Waals surface area contributed by atoms with Crippen LogP contribution in [0.5, 0.6) is 11.5 Å². The predicted octanol–water partition coefficient (Wildman–Crippen LogP) is 1.76. The molecule has 0 fully saturated rings. The Bertz CT molecular complexity index is 447. The topological polar surface area (TPSA) is 56.8 Å². The van der Waals surface area contributed by atoms with Gasteiger partial charge in [-0.1, -0.05) is 12.1 Å². The smallest absolute Gasteiger partial charge is 0.264 e. The van der Waals surface area contributed by atoms with Crippen LogP contribution in [0.3, 0.4) is 0 Å². The maximum atomic E-state index is 11.9. The molecule has 1 aromatic carbocycles. The van der Waals surface area contributed by atoms with Gasteiger partial charge in [0.05, 0.1) is 6.10 Å². The van der Waals surface area contributed by atoms with Gasteiger partial charge in [0.25, 0.3) is 5.91 Å². The highest BCUT2D eigenvalue weighted by Gasteiger charge is 2.26. The van der Waals surface area contributed by atoms with E-state index in [-0.39, 0.29) is 18.6 Å². The van der Waals surface area contributed by atoms with Crippen molar-refractivity contribution in [2.75, 3.05) is 19.8 Å². The van der Waals surface area contributed by atoms with Crippen LogP contribution in [-0.4, -0.2) is 37.9 Å². The average molecular weight is 279 g/mol. The number of amides is 1. The molecule has 0 aromatic heterocycles. The summed E-state index contributed by atoms with van der Waals surface area (Å²) < 4.78 is 16.5. The van der Waals surface area contributed by atoms with Crippen LogP contribution in [0, 0.1) is 0 Å². The second kappa shape index (κ2) is 7.14. The number of nitrogens with one attached hydrogen (secondary N) is 1. The molecule has 5 nitrogen and oxygen atoms in total. The Kier molecular flexibility index (Phi) is 5.24. The van der Waals surface area contributed by atoms with Gasteiger partial charge in [-0.2, -0.15) is 0 Å². The van der Waals surface area contributed by atoms with Crippen molar-refractivity contribution in [1.82, 2.24) is 5.32 Å². The van der Waals surface area contributed by atoms with Gasteiger partial charge < -0.3 is 19.5 Å². The summed E-state index contributed by atoms with van der Waals surface area (Å²) in [6.07, 6.45) is 0.418. The van der Waals surface area contributed by atoms with Crippen molar-refractivity contribution in [3.05, 3.63) is 24.3 Å². The van der Waals surface area contributed by atoms with Crippen molar-refractivity contribution in [1.29, 1.82) is 0 Å². The Labute approximate surface area is 119 Å². The van der Waals surface area contributed by atoms with Gasteiger partial charge in [0.2, 0.25) is 6.10 Å². The second-order valence-electron chi connectivity index (χ2n) is 4.93. The van der Waals surface area contributed by atoms with E-state index in [1.54, 1.807) is 6.07 Å². The van der Waals surface area contributed by atoms with Crippen molar-refractivity contribution in [3.8, 4) is 11.5 Å². The first-order valence-electron chi connectivity index (χ1n) is 6.94. The molecule has 110 valence electrons. The molecule has 0 saturated carbocycles. The molecule has 0 radical (unpaired) electrons. The molecule has 1 aliphatic heterocycles. The minimum absolute atomic E-state index is 0.149. The van der Waals surface area contributed by atoms with E-state index in [2.05, 4.69) is 5.32 Å². The number of rotatable bonds is 6. The number of ether oxygens (including phenoxy) is 3. The van der Waals surface area contributed by atoms with Crippen LogP contribution in [0.4, 0.5) is 0 Å². The Balaban J connectivity index is 1.72. The van der Waals surface area contributed by atoms with Gasteiger partial charge in [-0.25, -0.2) is 0 Å². The minimum Gasteiger partial charge on any atom is -0.485 e. The Hall–Kier alpha value is -1.75. The first-order valence-corrected chi connectivity index (χ1v) is 6.94. The fourth-order valence-corrected chi connectivity index (χ4v) is 1.87. The van der Waals surface area contributed by atoms with E-state index in [9.17, 15) is 4.79 Å². The van der Waals surface area contributed by atoms with Crippen molar-refractivity contribution in [2.45, 2.75) is 32.5 Å². The molecule has 1 N–H and O–H groups in total. The average Bonchev–Trinajstić information content (AvgIpc) is 2.46. The summed E-state index contributed by atoms with van der Waals surface area (Å²) in [5, 5.41) is 2.83. The predicted molar refractivity (Wildman–Crippen MR) is 75.1 cm³/mol. The number of hydrogen-bond donors (Lipinski definition) is 1. The zero-order valence-corrected chi connectivity index (χ0v) is 11.9. The monoisotopic (exact) mass is 279 g/mol. The fraction of sp³-hybridized carbons (Fsp3) is 0.533. The molecule has 5 heteroatoms. The molecule has 1 unspecified atom stereocenters. The van der Waals surface area contributed by atoms with Crippen molar-refractivity contribution >= 4 is 5.91 Å². The molecule has 0 spiro atoms. The zero-order valence-electron chi connectivity index (χ0n) is 11.9. The summed E-state index contributed by atoms with van der Waals surface area (Å²) >= 11 is 0. The van der Waals surface area contributed by atoms with Gasteiger partial charge in [-0.3, -0.25) is 4.79 Å². The lowest BCUT2D eigenvalue weighted by Gasteiger charge is -2.25. The highest BCUT2D eigenvalue weighted by Crippen LogP contribution is 2.30. The van der Waals surface area contributed by atoms with E-state index in [4.69, 9.17) is 14.2 Å². The van der Waals surface area contributed by atoms with Crippen LogP contribution in [0.15, 0.2) is 24.3 Å². The van der Waals surface area contributed by atoms with Crippen molar-refractivity contribution in [3.63, 3.8) is 0 Å². The maximum absolute atomic E-state index is 11.9. The third kappa shape index (κ3) is 4.13. The molecule has 1 aliphatic rings. The standard InChI is InChI=1S/C15H21NO4/c1-11(2)18-9-5-8-16-15(17)14-10-19-12-6-3-4-7-13(12)20-14/h3-4,6-7,11,14H,5,8-10H2,1-2H3,(H,16,17). The summed E-state index contributed by atoms with van der Waals surface area (Å²) in [7, 11) is 0. The zero-order chi connectivity index (χ0) is 14.4. The van der Waals surface area contributed by atoms with Crippen LogP contribution in [0.25, 0.3) is 0 Å². The lowest BCUT2D eigenvalue weighted by Crippen LogP contribution is -2.44. The lowest BCUT2D eigenvalue weighted by molar-refractivity contribution is -0.130.